The van der Waals surface area contributed by atoms with Gasteiger partial charge in [-0.2, -0.15) is 5.26 Å². The Hall–Kier alpha value is -1.31. The Morgan fingerprint density at radius 1 is 1.47 bits per heavy atom. The van der Waals surface area contributed by atoms with Gasteiger partial charge in [0.1, 0.15) is 11.0 Å². The van der Waals surface area contributed by atoms with Crippen molar-refractivity contribution in [2.24, 2.45) is 0 Å². The summed E-state index contributed by atoms with van der Waals surface area (Å²) in [6, 6.07) is 6.07. The first-order valence-corrected chi connectivity index (χ1v) is 6.10. The maximum Gasteiger partial charge on any atom is 0.132 e. The Morgan fingerprint density at radius 3 is 2.76 bits per heavy atom. The largest absolute Gasteiger partial charge is 0.356 e. The maximum atomic E-state index is 8.90. The van der Waals surface area contributed by atoms with Crippen LogP contribution in [-0.4, -0.2) is 31.2 Å². The molecule has 90 valence electrons. The Bertz CT molecular complexity index is 433. The van der Waals surface area contributed by atoms with Gasteiger partial charge in [0.05, 0.1) is 11.6 Å². The molecular formula is C12H15ClN4. The third-order valence-corrected chi connectivity index (χ3v) is 3.33. The highest BCUT2D eigenvalue weighted by Crippen LogP contribution is 2.21. The first-order valence-electron chi connectivity index (χ1n) is 5.73. The van der Waals surface area contributed by atoms with Crippen molar-refractivity contribution in [3.8, 4) is 6.07 Å². The van der Waals surface area contributed by atoms with Crippen LogP contribution in [0.5, 0.6) is 0 Å². The van der Waals surface area contributed by atoms with Gasteiger partial charge in [0.25, 0.3) is 0 Å². The van der Waals surface area contributed by atoms with E-state index in [1.54, 1.807) is 12.1 Å². The molecule has 0 bridgehead atoms. The average Bonchev–Trinajstić information content (AvgIpc) is 2.38. The van der Waals surface area contributed by atoms with E-state index in [0.717, 1.165) is 31.7 Å². The van der Waals surface area contributed by atoms with E-state index in [0.29, 0.717) is 16.8 Å². The average molecular weight is 251 g/mol. The van der Waals surface area contributed by atoms with E-state index in [4.69, 9.17) is 16.9 Å². The number of nitrogens with one attached hydrogen (secondary N) is 1. The Morgan fingerprint density at radius 2 is 2.18 bits per heavy atom. The van der Waals surface area contributed by atoms with Crippen LogP contribution in [0.15, 0.2) is 12.1 Å². The molecule has 0 unspecified atom stereocenters. The molecule has 1 saturated heterocycles. The van der Waals surface area contributed by atoms with Crippen LogP contribution >= 0.6 is 11.6 Å². The Balaban J connectivity index is 2.13. The molecule has 0 radical (unpaired) electrons. The number of pyridine rings is 1. The molecule has 17 heavy (non-hydrogen) atoms. The molecule has 1 N–H and O–H groups in total. The number of rotatable bonds is 2. The van der Waals surface area contributed by atoms with Crippen molar-refractivity contribution in [1.29, 1.82) is 5.26 Å². The number of halogens is 1. The van der Waals surface area contributed by atoms with E-state index in [1.165, 1.54) is 0 Å². The summed E-state index contributed by atoms with van der Waals surface area (Å²) >= 11 is 5.90. The minimum absolute atomic E-state index is 0.384. The van der Waals surface area contributed by atoms with Crippen molar-refractivity contribution >= 4 is 17.4 Å². The highest BCUT2D eigenvalue weighted by Gasteiger charge is 2.19. The number of nitrogens with zero attached hydrogens (tertiary/aromatic N) is 3. The molecule has 1 fully saturated rings. The fourth-order valence-corrected chi connectivity index (χ4v) is 2.31. The van der Waals surface area contributed by atoms with Crippen LogP contribution in [0, 0.1) is 11.3 Å². The number of piperidine rings is 1. The summed E-state index contributed by atoms with van der Waals surface area (Å²) in [5.74, 6) is 0.809. The molecule has 2 heterocycles. The van der Waals surface area contributed by atoms with E-state index < -0.39 is 0 Å². The summed E-state index contributed by atoms with van der Waals surface area (Å²) in [6.45, 7) is 1.90. The smallest absolute Gasteiger partial charge is 0.132 e. The van der Waals surface area contributed by atoms with Gasteiger partial charge in [-0.1, -0.05) is 11.6 Å². The summed E-state index contributed by atoms with van der Waals surface area (Å²) in [4.78, 5) is 6.46. The molecule has 1 aromatic heterocycles. The number of nitriles is 1. The van der Waals surface area contributed by atoms with E-state index in [-0.39, 0.29) is 0 Å². The van der Waals surface area contributed by atoms with E-state index in [9.17, 15) is 0 Å². The number of aromatic nitrogens is 1. The van der Waals surface area contributed by atoms with Crippen molar-refractivity contribution in [2.75, 3.05) is 25.0 Å². The lowest BCUT2D eigenvalue weighted by Gasteiger charge is -2.32. The van der Waals surface area contributed by atoms with Crippen molar-refractivity contribution in [2.45, 2.75) is 18.9 Å². The molecule has 5 heteroatoms. The van der Waals surface area contributed by atoms with Crippen molar-refractivity contribution in [3.05, 3.63) is 22.8 Å². The van der Waals surface area contributed by atoms with Crippen LogP contribution in [-0.2, 0) is 0 Å². The van der Waals surface area contributed by atoms with Gasteiger partial charge in [-0.05, 0) is 32.0 Å². The highest BCUT2D eigenvalue weighted by atomic mass is 35.5. The number of hydrogen-bond donors (Lipinski definition) is 1. The highest BCUT2D eigenvalue weighted by molar-refractivity contribution is 6.29. The quantitative estimate of drug-likeness (QED) is 0.814. The minimum atomic E-state index is 0.384. The molecule has 0 amide bonds. The van der Waals surface area contributed by atoms with Crippen molar-refractivity contribution in [1.82, 2.24) is 10.3 Å². The third kappa shape index (κ3) is 2.87. The molecule has 0 aromatic carbocycles. The summed E-state index contributed by atoms with van der Waals surface area (Å²) in [7, 11) is 1.99. The second-order valence-corrected chi connectivity index (χ2v) is 4.59. The molecule has 0 saturated carbocycles. The Kier molecular flexibility index (Phi) is 3.82. The Labute approximate surface area is 106 Å². The zero-order chi connectivity index (χ0) is 12.3. The number of hydrogen-bond acceptors (Lipinski definition) is 4. The summed E-state index contributed by atoms with van der Waals surface area (Å²) in [6.07, 6.45) is 2.18. The molecule has 4 nitrogen and oxygen atoms in total. The lowest BCUT2D eigenvalue weighted by atomic mass is 10.1. The van der Waals surface area contributed by atoms with E-state index in [2.05, 4.69) is 21.3 Å². The van der Waals surface area contributed by atoms with Crippen LogP contribution in [0.1, 0.15) is 18.4 Å². The number of anilines is 1. The first kappa shape index (κ1) is 12.2. The maximum absolute atomic E-state index is 8.90. The van der Waals surface area contributed by atoms with Gasteiger partial charge >= 0.3 is 0 Å². The SMILES string of the molecule is CNC1CCN(c2cc(C#N)cc(Cl)n2)CC1. The van der Waals surface area contributed by atoms with Gasteiger partial charge < -0.3 is 10.2 Å². The predicted octanol–water partition coefficient (Wildman–Crippen LogP) is 1.79. The molecular weight excluding hydrogens is 236 g/mol. The molecule has 0 aliphatic carbocycles. The van der Waals surface area contributed by atoms with Gasteiger partial charge in [0.2, 0.25) is 0 Å². The fraction of sp³-hybridized carbons (Fsp3) is 0.500. The standard InChI is InChI=1S/C12H15ClN4/c1-15-10-2-4-17(5-3-10)12-7-9(8-14)6-11(13)16-12/h6-7,10,15H,2-5H2,1H3. The zero-order valence-electron chi connectivity index (χ0n) is 9.78. The second kappa shape index (κ2) is 5.35. The molecule has 1 aromatic rings. The van der Waals surface area contributed by atoms with E-state index in [1.807, 2.05) is 7.05 Å². The van der Waals surface area contributed by atoms with Gasteiger partial charge in [0.15, 0.2) is 0 Å². The predicted molar refractivity (Wildman–Crippen MR) is 68.3 cm³/mol. The van der Waals surface area contributed by atoms with Gasteiger partial charge in [-0.3, -0.25) is 0 Å². The second-order valence-electron chi connectivity index (χ2n) is 4.20. The van der Waals surface area contributed by atoms with Crippen LogP contribution in [0.25, 0.3) is 0 Å². The topological polar surface area (TPSA) is 52.0 Å². The molecule has 0 spiro atoms. The van der Waals surface area contributed by atoms with E-state index >= 15 is 0 Å². The van der Waals surface area contributed by atoms with Crippen LogP contribution < -0.4 is 10.2 Å². The lowest BCUT2D eigenvalue weighted by molar-refractivity contribution is 0.441. The summed E-state index contributed by atoms with van der Waals surface area (Å²) in [5, 5.41) is 12.6. The molecule has 1 aliphatic heterocycles. The summed E-state index contributed by atoms with van der Waals surface area (Å²) in [5.41, 5.74) is 0.565. The van der Waals surface area contributed by atoms with Crippen molar-refractivity contribution < 1.29 is 0 Å². The molecule has 0 atom stereocenters. The zero-order valence-corrected chi connectivity index (χ0v) is 10.5. The van der Waals surface area contributed by atoms with Gasteiger partial charge in [-0.25, -0.2) is 4.98 Å². The van der Waals surface area contributed by atoms with Crippen LogP contribution in [0.3, 0.4) is 0 Å². The monoisotopic (exact) mass is 250 g/mol. The normalized spacial score (nSPS) is 16.9. The molecule has 2 rings (SSSR count). The van der Waals surface area contributed by atoms with Crippen molar-refractivity contribution in [3.63, 3.8) is 0 Å². The third-order valence-electron chi connectivity index (χ3n) is 3.14. The minimum Gasteiger partial charge on any atom is -0.356 e. The van der Waals surface area contributed by atoms with Crippen LogP contribution in [0.2, 0.25) is 5.15 Å². The van der Waals surface area contributed by atoms with Gasteiger partial charge in [-0.15, -0.1) is 0 Å². The first-order chi connectivity index (χ1) is 8.22. The summed E-state index contributed by atoms with van der Waals surface area (Å²) < 4.78 is 0. The van der Waals surface area contributed by atoms with Gasteiger partial charge in [0, 0.05) is 19.1 Å². The molecule has 1 aliphatic rings. The lowest BCUT2D eigenvalue weighted by Crippen LogP contribution is -2.41. The van der Waals surface area contributed by atoms with Crippen LogP contribution in [0.4, 0.5) is 5.82 Å². The fourth-order valence-electron chi connectivity index (χ4n) is 2.11.